The first-order valence-electron chi connectivity index (χ1n) is 9.34. The molecule has 4 rings (SSSR count). The average molecular weight is 364 g/mol. The monoisotopic (exact) mass is 364 g/mol. The summed E-state index contributed by atoms with van der Waals surface area (Å²) in [5, 5.41) is 10.6. The predicted octanol–water partition coefficient (Wildman–Crippen LogP) is 4.25. The summed E-state index contributed by atoms with van der Waals surface area (Å²) in [7, 11) is 1.63. The number of likely N-dealkylation sites (tertiary alicyclic amines) is 1. The van der Waals surface area contributed by atoms with Gasteiger partial charge in [0.25, 0.3) is 0 Å². The maximum absolute atomic E-state index is 11.3. The number of methoxy groups -OCH3 is 1. The summed E-state index contributed by atoms with van der Waals surface area (Å²) in [6.45, 7) is 2.70. The molecular formula is C22H24N2O3. The quantitative estimate of drug-likeness (QED) is 0.710. The topological polar surface area (TPSA) is 65.6 Å². The molecule has 1 saturated heterocycles. The third kappa shape index (κ3) is 3.55. The van der Waals surface area contributed by atoms with Gasteiger partial charge in [-0.3, -0.25) is 4.90 Å². The van der Waals surface area contributed by atoms with Gasteiger partial charge >= 0.3 is 5.97 Å². The summed E-state index contributed by atoms with van der Waals surface area (Å²) in [6, 6.07) is 13.7. The predicted molar refractivity (Wildman–Crippen MR) is 106 cm³/mol. The number of piperidine rings is 1. The molecule has 0 unspecified atom stereocenters. The fourth-order valence-corrected chi connectivity index (χ4v) is 4.14. The zero-order valence-electron chi connectivity index (χ0n) is 15.4. The highest BCUT2D eigenvalue weighted by atomic mass is 16.5. The molecule has 1 fully saturated rings. The highest BCUT2D eigenvalue weighted by Crippen LogP contribution is 2.33. The van der Waals surface area contributed by atoms with E-state index in [-0.39, 0.29) is 0 Å². The lowest BCUT2D eigenvalue weighted by Gasteiger charge is -2.32. The summed E-state index contributed by atoms with van der Waals surface area (Å²) in [5.41, 5.74) is 3.87. The molecule has 140 valence electrons. The van der Waals surface area contributed by atoms with Crippen molar-refractivity contribution in [2.45, 2.75) is 25.3 Å². The summed E-state index contributed by atoms with van der Waals surface area (Å²) >= 11 is 0. The zero-order chi connectivity index (χ0) is 18.8. The van der Waals surface area contributed by atoms with Crippen LogP contribution in [0, 0.1) is 0 Å². The van der Waals surface area contributed by atoms with Crippen molar-refractivity contribution in [3.8, 4) is 5.75 Å². The van der Waals surface area contributed by atoms with Crippen LogP contribution in [0.2, 0.25) is 0 Å². The Morgan fingerprint density at radius 1 is 1.22 bits per heavy atom. The number of nitrogens with zero attached hydrogens (tertiary/aromatic N) is 1. The van der Waals surface area contributed by atoms with Crippen molar-refractivity contribution in [1.82, 2.24) is 9.88 Å². The molecule has 0 amide bonds. The lowest BCUT2D eigenvalue weighted by Crippen LogP contribution is -2.32. The Balaban J connectivity index is 1.46. The number of carboxylic acids is 1. The Morgan fingerprint density at radius 2 is 2.04 bits per heavy atom. The van der Waals surface area contributed by atoms with Gasteiger partial charge in [0.05, 0.1) is 12.7 Å². The standard InChI is InChI=1S/C22H24N2O3/c1-27-21-6-5-16(22(25)26)13-17(21)14-24-11-8-15(9-12-24)18-3-2-4-20-19(18)7-10-23-20/h2-7,10,13,15,23H,8-9,11-12,14H2,1H3,(H,25,26). The molecule has 0 spiro atoms. The Bertz CT molecular complexity index is 955. The fourth-order valence-electron chi connectivity index (χ4n) is 4.14. The van der Waals surface area contributed by atoms with Gasteiger partial charge in [0.2, 0.25) is 0 Å². The lowest BCUT2D eigenvalue weighted by atomic mass is 9.87. The summed E-state index contributed by atoms with van der Waals surface area (Å²) in [6.07, 6.45) is 4.21. The normalized spacial score (nSPS) is 15.9. The number of aromatic nitrogens is 1. The molecule has 0 radical (unpaired) electrons. The van der Waals surface area contributed by atoms with Gasteiger partial charge in [-0.05, 0) is 67.7 Å². The van der Waals surface area contributed by atoms with Crippen molar-refractivity contribution in [2.24, 2.45) is 0 Å². The molecule has 27 heavy (non-hydrogen) atoms. The van der Waals surface area contributed by atoms with Crippen LogP contribution >= 0.6 is 0 Å². The van der Waals surface area contributed by atoms with E-state index in [0.717, 1.165) is 37.2 Å². The van der Waals surface area contributed by atoms with E-state index in [0.29, 0.717) is 18.0 Å². The van der Waals surface area contributed by atoms with Crippen molar-refractivity contribution in [1.29, 1.82) is 0 Å². The highest BCUT2D eigenvalue weighted by Gasteiger charge is 2.23. The first-order chi connectivity index (χ1) is 13.2. The van der Waals surface area contributed by atoms with E-state index in [9.17, 15) is 9.90 Å². The Hall–Kier alpha value is -2.79. The van der Waals surface area contributed by atoms with E-state index in [2.05, 4.69) is 34.1 Å². The van der Waals surface area contributed by atoms with E-state index in [1.165, 1.54) is 16.5 Å². The number of ether oxygens (including phenoxy) is 1. The van der Waals surface area contributed by atoms with Crippen LogP contribution in [0.15, 0.2) is 48.7 Å². The average Bonchev–Trinajstić information content (AvgIpc) is 3.17. The summed E-state index contributed by atoms with van der Waals surface area (Å²) in [4.78, 5) is 17.0. The minimum atomic E-state index is -0.905. The maximum atomic E-state index is 11.3. The van der Waals surface area contributed by atoms with E-state index in [1.807, 2.05) is 6.20 Å². The number of carboxylic acid groups (broad SMARTS) is 1. The van der Waals surface area contributed by atoms with E-state index in [1.54, 1.807) is 25.3 Å². The molecule has 5 heteroatoms. The molecule has 3 aromatic rings. The van der Waals surface area contributed by atoms with Gasteiger partial charge in [-0.1, -0.05) is 12.1 Å². The first-order valence-corrected chi connectivity index (χ1v) is 9.34. The van der Waals surface area contributed by atoms with Gasteiger partial charge in [0.1, 0.15) is 5.75 Å². The smallest absolute Gasteiger partial charge is 0.335 e. The Kier molecular flexibility index (Phi) is 4.86. The Morgan fingerprint density at radius 3 is 2.78 bits per heavy atom. The van der Waals surface area contributed by atoms with Gasteiger partial charge in [-0.25, -0.2) is 4.79 Å². The van der Waals surface area contributed by atoms with Crippen LogP contribution < -0.4 is 4.74 Å². The molecule has 1 aromatic heterocycles. The number of carbonyl (C=O) groups is 1. The number of nitrogens with one attached hydrogen (secondary N) is 1. The molecule has 1 aliphatic rings. The van der Waals surface area contributed by atoms with Crippen LogP contribution in [0.4, 0.5) is 0 Å². The van der Waals surface area contributed by atoms with Crippen molar-refractivity contribution in [2.75, 3.05) is 20.2 Å². The van der Waals surface area contributed by atoms with Gasteiger partial charge in [0, 0.05) is 29.2 Å². The minimum Gasteiger partial charge on any atom is -0.496 e. The SMILES string of the molecule is COc1ccc(C(=O)O)cc1CN1CCC(c2cccc3[nH]ccc23)CC1. The number of hydrogen-bond acceptors (Lipinski definition) is 3. The molecular weight excluding hydrogens is 340 g/mol. The maximum Gasteiger partial charge on any atom is 0.335 e. The van der Waals surface area contributed by atoms with Crippen molar-refractivity contribution < 1.29 is 14.6 Å². The number of aromatic carboxylic acids is 1. The molecule has 0 bridgehead atoms. The molecule has 2 N–H and O–H groups in total. The molecule has 0 atom stereocenters. The van der Waals surface area contributed by atoms with Crippen molar-refractivity contribution >= 4 is 16.9 Å². The van der Waals surface area contributed by atoms with Crippen molar-refractivity contribution in [3.05, 3.63) is 65.4 Å². The number of hydrogen-bond donors (Lipinski definition) is 2. The molecule has 0 saturated carbocycles. The van der Waals surface area contributed by atoms with E-state index < -0.39 is 5.97 Å². The number of fused-ring (bicyclic) bond motifs is 1. The van der Waals surface area contributed by atoms with Crippen LogP contribution in [-0.4, -0.2) is 41.2 Å². The van der Waals surface area contributed by atoms with Crippen LogP contribution in [-0.2, 0) is 6.54 Å². The minimum absolute atomic E-state index is 0.305. The fraction of sp³-hybridized carbons (Fsp3) is 0.318. The van der Waals surface area contributed by atoms with Gasteiger partial charge in [-0.2, -0.15) is 0 Å². The zero-order valence-corrected chi connectivity index (χ0v) is 15.4. The molecule has 2 heterocycles. The van der Waals surface area contributed by atoms with E-state index in [4.69, 9.17) is 4.74 Å². The second kappa shape index (κ2) is 7.45. The largest absolute Gasteiger partial charge is 0.496 e. The Labute approximate surface area is 158 Å². The highest BCUT2D eigenvalue weighted by molar-refractivity contribution is 5.88. The number of benzene rings is 2. The van der Waals surface area contributed by atoms with Crippen LogP contribution in [0.5, 0.6) is 5.75 Å². The molecule has 0 aliphatic carbocycles. The number of aromatic amines is 1. The second-order valence-corrected chi connectivity index (χ2v) is 7.17. The first kappa shape index (κ1) is 17.6. The molecule has 5 nitrogen and oxygen atoms in total. The van der Waals surface area contributed by atoms with Crippen molar-refractivity contribution in [3.63, 3.8) is 0 Å². The van der Waals surface area contributed by atoms with E-state index >= 15 is 0 Å². The molecule has 1 aliphatic heterocycles. The number of H-pyrrole nitrogens is 1. The van der Waals surface area contributed by atoms with Crippen LogP contribution in [0.25, 0.3) is 10.9 Å². The van der Waals surface area contributed by atoms with Gasteiger partial charge < -0.3 is 14.8 Å². The third-order valence-corrected chi connectivity index (χ3v) is 5.58. The lowest BCUT2D eigenvalue weighted by molar-refractivity contribution is 0.0696. The van der Waals surface area contributed by atoms with Gasteiger partial charge in [0.15, 0.2) is 0 Å². The van der Waals surface area contributed by atoms with Gasteiger partial charge in [-0.15, -0.1) is 0 Å². The summed E-state index contributed by atoms with van der Waals surface area (Å²) < 4.78 is 5.43. The number of rotatable bonds is 5. The second-order valence-electron chi connectivity index (χ2n) is 7.17. The summed E-state index contributed by atoms with van der Waals surface area (Å²) in [5.74, 6) is 0.407. The third-order valence-electron chi connectivity index (χ3n) is 5.58. The van der Waals surface area contributed by atoms with Crippen LogP contribution in [0.1, 0.15) is 40.2 Å². The van der Waals surface area contributed by atoms with Crippen LogP contribution in [0.3, 0.4) is 0 Å². The molecule has 2 aromatic carbocycles.